The molecule has 0 aliphatic rings. The first-order valence-corrected chi connectivity index (χ1v) is 11.8. The van der Waals surface area contributed by atoms with E-state index in [2.05, 4.69) is 37.6 Å². The van der Waals surface area contributed by atoms with E-state index in [1.807, 2.05) is 36.4 Å². The van der Waals surface area contributed by atoms with Crippen LogP contribution in [0.4, 0.5) is 21.5 Å². The molecular formula is C26H21BrClFN4O2. The Morgan fingerprint density at radius 1 is 1.09 bits per heavy atom. The number of methoxy groups -OCH3 is 1. The fourth-order valence-electron chi connectivity index (χ4n) is 3.50. The van der Waals surface area contributed by atoms with E-state index in [0.717, 1.165) is 26.9 Å². The fraction of sp³-hybridized carbons (Fsp3) is 0.154. The number of nitrogens with one attached hydrogen (secondary N) is 2. The molecule has 0 bridgehead atoms. The molecule has 1 aromatic heterocycles. The van der Waals surface area contributed by atoms with Gasteiger partial charge in [0.25, 0.3) is 0 Å². The number of anilines is 3. The predicted octanol–water partition coefficient (Wildman–Crippen LogP) is 7.04. The second-order valence-electron chi connectivity index (χ2n) is 7.59. The van der Waals surface area contributed by atoms with Crippen molar-refractivity contribution in [3.05, 3.63) is 87.2 Å². The van der Waals surface area contributed by atoms with Crippen LogP contribution in [0.5, 0.6) is 5.75 Å². The molecule has 0 amide bonds. The van der Waals surface area contributed by atoms with E-state index < -0.39 is 5.82 Å². The lowest BCUT2D eigenvalue weighted by Crippen LogP contribution is -2.08. The highest BCUT2D eigenvalue weighted by Crippen LogP contribution is 2.32. The maximum Gasteiger partial charge on any atom is 0.141 e. The van der Waals surface area contributed by atoms with Crippen LogP contribution in [-0.2, 0) is 11.3 Å². The van der Waals surface area contributed by atoms with Crippen LogP contribution in [0.1, 0.15) is 11.1 Å². The molecule has 1 heterocycles. The Morgan fingerprint density at radius 3 is 2.69 bits per heavy atom. The summed E-state index contributed by atoms with van der Waals surface area (Å²) in [5.41, 5.74) is 3.99. The minimum Gasteiger partial charge on any atom is -0.491 e. The van der Waals surface area contributed by atoms with Gasteiger partial charge in [-0.2, -0.15) is 5.26 Å². The first-order valence-electron chi connectivity index (χ1n) is 10.7. The van der Waals surface area contributed by atoms with Gasteiger partial charge in [-0.05, 0) is 54.6 Å². The lowest BCUT2D eigenvalue weighted by molar-refractivity contribution is 0.146. The Kier molecular flexibility index (Phi) is 8.03. The molecule has 0 radical (unpaired) electrons. The quantitative estimate of drug-likeness (QED) is 0.216. The van der Waals surface area contributed by atoms with Crippen molar-refractivity contribution in [3.8, 4) is 11.8 Å². The zero-order valence-corrected chi connectivity index (χ0v) is 21.1. The summed E-state index contributed by atoms with van der Waals surface area (Å²) in [6.45, 7) is 1.46. The Bertz CT molecular complexity index is 1410. The minimum absolute atomic E-state index is 0.00762. The Labute approximate surface area is 215 Å². The van der Waals surface area contributed by atoms with Gasteiger partial charge in [0.1, 0.15) is 24.2 Å². The molecular weight excluding hydrogens is 535 g/mol. The molecule has 0 aliphatic heterocycles. The molecule has 2 N–H and O–H groups in total. The smallest absolute Gasteiger partial charge is 0.141 e. The van der Waals surface area contributed by atoms with Crippen molar-refractivity contribution in [2.75, 3.05) is 31.0 Å². The summed E-state index contributed by atoms with van der Waals surface area (Å²) in [5, 5.41) is 17.0. The summed E-state index contributed by atoms with van der Waals surface area (Å²) in [4.78, 5) is 4.40. The molecule has 0 unspecified atom stereocenters. The molecule has 0 saturated heterocycles. The number of hydrogen-bond donors (Lipinski definition) is 2. The zero-order valence-electron chi connectivity index (χ0n) is 18.7. The number of pyridine rings is 1. The minimum atomic E-state index is -0.512. The van der Waals surface area contributed by atoms with Gasteiger partial charge in [0.05, 0.1) is 28.4 Å². The summed E-state index contributed by atoms with van der Waals surface area (Å²) < 4.78 is 25.5. The second-order valence-corrected chi connectivity index (χ2v) is 8.91. The van der Waals surface area contributed by atoms with Crippen LogP contribution in [0.3, 0.4) is 0 Å². The predicted molar refractivity (Wildman–Crippen MR) is 140 cm³/mol. The largest absolute Gasteiger partial charge is 0.491 e. The standard InChI is InChI=1S/C26H21BrClFN4O2/c1-34-8-9-35-25-7-2-18(27)10-16(25)14-31-19-4-6-24-21(11-19)26(17(13-30)15-32-24)33-20-3-5-23(29)22(28)12-20/h2-7,10-12,15,31H,8-9,14H2,1H3,(H,32,33). The van der Waals surface area contributed by atoms with Crippen LogP contribution in [0.2, 0.25) is 5.02 Å². The molecule has 4 aromatic rings. The van der Waals surface area contributed by atoms with Crippen molar-refractivity contribution in [2.24, 2.45) is 0 Å². The summed E-state index contributed by atoms with van der Waals surface area (Å²) in [6.07, 6.45) is 1.51. The maximum absolute atomic E-state index is 13.6. The van der Waals surface area contributed by atoms with Gasteiger partial charge in [-0.15, -0.1) is 0 Å². The summed E-state index contributed by atoms with van der Waals surface area (Å²) in [5.74, 6) is 0.254. The van der Waals surface area contributed by atoms with E-state index in [9.17, 15) is 9.65 Å². The van der Waals surface area contributed by atoms with Crippen molar-refractivity contribution >= 4 is 55.5 Å². The number of rotatable bonds is 9. The molecule has 0 atom stereocenters. The molecule has 0 saturated carbocycles. The van der Waals surface area contributed by atoms with Gasteiger partial charge in [0.2, 0.25) is 0 Å². The summed E-state index contributed by atoms with van der Waals surface area (Å²) in [6, 6.07) is 18.0. The van der Waals surface area contributed by atoms with Crippen molar-refractivity contribution in [1.82, 2.24) is 4.98 Å². The Hall–Kier alpha value is -3.38. The van der Waals surface area contributed by atoms with Crippen LogP contribution < -0.4 is 15.4 Å². The molecule has 3 aromatic carbocycles. The van der Waals surface area contributed by atoms with E-state index in [0.29, 0.717) is 42.2 Å². The van der Waals surface area contributed by atoms with E-state index in [-0.39, 0.29) is 5.02 Å². The van der Waals surface area contributed by atoms with Gasteiger partial charge in [-0.25, -0.2) is 4.39 Å². The second kappa shape index (κ2) is 11.4. The van der Waals surface area contributed by atoms with E-state index in [4.69, 9.17) is 21.1 Å². The van der Waals surface area contributed by atoms with Crippen molar-refractivity contribution in [2.45, 2.75) is 6.54 Å². The SMILES string of the molecule is COCCOc1ccc(Br)cc1CNc1ccc2ncc(C#N)c(Nc3ccc(F)c(Cl)c3)c2c1. The van der Waals surface area contributed by atoms with Gasteiger partial charge in [0.15, 0.2) is 0 Å². The van der Waals surface area contributed by atoms with Crippen LogP contribution in [0, 0.1) is 17.1 Å². The van der Waals surface area contributed by atoms with E-state index >= 15 is 0 Å². The van der Waals surface area contributed by atoms with Crippen LogP contribution in [-0.4, -0.2) is 25.3 Å². The van der Waals surface area contributed by atoms with Crippen molar-refractivity contribution in [1.29, 1.82) is 5.26 Å². The molecule has 35 heavy (non-hydrogen) atoms. The number of nitrogens with zero attached hydrogens (tertiary/aromatic N) is 2. The summed E-state index contributed by atoms with van der Waals surface area (Å²) in [7, 11) is 1.63. The first-order chi connectivity index (χ1) is 17.0. The molecule has 4 rings (SSSR count). The molecule has 9 heteroatoms. The topological polar surface area (TPSA) is 79.2 Å². The number of aromatic nitrogens is 1. The van der Waals surface area contributed by atoms with Gasteiger partial charge >= 0.3 is 0 Å². The van der Waals surface area contributed by atoms with Crippen molar-refractivity contribution < 1.29 is 13.9 Å². The monoisotopic (exact) mass is 554 g/mol. The zero-order chi connectivity index (χ0) is 24.8. The molecule has 178 valence electrons. The van der Waals surface area contributed by atoms with Gasteiger partial charge in [0, 0.05) is 46.6 Å². The van der Waals surface area contributed by atoms with Gasteiger partial charge in [-0.3, -0.25) is 4.98 Å². The van der Waals surface area contributed by atoms with Crippen LogP contribution >= 0.6 is 27.5 Å². The number of hydrogen-bond acceptors (Lipinski definition) is 6. The van der Waals surface area contributed by atoms with E-state index in [1.54, 1.807) is 13.2 Å². The third kappa shape index (κ3) is 6.01. The van der Waals surface area contributed by atoms with E-state index in [1.165, 1.54) is 18.3 Å². The number of benzene rings is 3. The Morgan fingerprint density at radius 2 is 1.91 bits per heavy atom. The highest BCUT2D eigenvalue weighted by atomic mass is 79.9. The third-order valence-electron chi connectivity index (χ3n) is 5.23. The van der Waals surface area contributed by atoms with Gasteiger partial charge in [-0.1, -0.05) is 27.5 Å². The molecule has 0 fully saturated rings. The highest BCUT2D eigenvalue weighted by molar-refractivity contribution is 9.10. The Balaban J connectivity index is 1.63. The average molecular weight is 556 g/mol. The number of ether oxygens (including phenoxy) is 2. The molecule has 0 aliphatic carbocycles. The first kappa shape index (κ1) is 24.7. The van der Waals surface area contributed by atoms with Crippen molar-refractivity contribution in [3.63, 3.8) is 0 Å². The van der Waals surface area contributed by atoms with Gasteiger partial charge < -0.3 is 20.1 Å². The molecule has 6 nitrogen and oxygen atoms in total. The average Bonchev–Trinajstić information content (AvgIpc) is 2.86. The summed E-state index contributed by atoms with van der Waals surface area (Å²) >= 11 is 9.45. The maximum atomic E-state index is 13.6. The highest BCUT2D eigenvalue weighted by Gasteiger charge is 2.12. The molecule has 0 spiro atoms. The lowest BCUT2D eigenvalue weighted by Gasteiger charge is -2.15. The normalized spacial score (nSPS) is 10.7. The van der Waals surface area contributed by atoms with Crippen LogP contribution in [0.15, 0.2) is 65.3 Å². The number of fused-ring (bicyclic) bond motifs is 1. The number of nitriles is 1. The van der Waals surface area contributed by atoms with Crippen LogP contribution in [0.25, 0.3) is 10.9 Å². The lowest BCUT2D eigenvalue weighted by atomic mass is 10.1. The third-order valence-corrected chi connectivity index (χ3v) is 6.01. The number of halogens is 3. The fourth-order valence-corrected chi connectivity index (χ4v) is 4.09.